The summed E-state index contributed by atoms with van der Waals surface area (Å²) < 4.78 is 0. The molecule has 0 saturated carbocycles. The molecule has 0 aromatic carbocycles. The molecule has 0 saturated heterocycles. The van der Waals surface area contributed by atoms with E-state index in [2.05, 4.69) is 41.2 Å². The van der Waals surface area contributed by atoms with Crippen LogP contribution in [0.2, 0.25) is 0 Å². The van der Waals surface area contributed by atoms with E-state index in [1.807, 2.05) is 0 Å². The third kappa shape index (κ3) is 1.16. The van der Waals surface area contributed by atoms with Crippen molar-refractivity contribution in [3.05, 3.63) is 34.4 Å². The van der Waals surface area contributed by atoms with Crippen molar-refractivity contribution in [2.75, 3.05) is 0 Å². The zero-order valence-electron chi connectivity index (χ0n) is 8.78. The van der Waals surface area contributed by atoms with Gasteiger partial charge >= 0.3 is 0 Å². The second-order valence-corrected chi connectivity index (χ2v) is 3.92. The lowest BCUT2D eigenvalue weighted by Gasteiger charge is -2.09. The highest BCUT2D eigenvalue weighted by atomic mass is 14.3. The van der Waals surface area contributed by atoms with Gasteiger partial charge in [-0.1, -0.05) is 20.4 Å². The van der Waals surface area contributed by atoms with Gasteiger partial charge in [-0.25, -0.2) is 0 Å². The van der Waals surface area contributed by atoms with E-state index in [1.54, 1.807) is 0 Å². The third-order valence-corrected chi connectivity index (χ3v) is 2.85. The largest absolute Gasteiger partial charge is 0.0912 e. The Morgan fingerprint density at radius 3 is 1.58 bits per heavy atom. The first-order valence-corrected chi connectivity index (χ1v) is 4.55. The van der Waals surface area contributed by atoms with Crippen molar-refractivity contribution in [2.24, 2.45) is 5.92 Å². The predicted octanol–water partition coefficient (Wildman–Crippen LogP) is 3.87. The fraction of sp³-hybridized carbons (Fsp3) is 0.500. The van der Waals surface area contributed by atoms with Crippen molar-refractivity contribution < 1.29 is 0 Å². The molecule has 0 bridgehead atoms. The first kappa shape index (κ1) is 9.31. The molecular formula is C12H18. The number of rotatable bonds is 1. The van der Waals surface area contributed by atoms with Crippen molar-refractivity contribution in [3.63, 3.8) is 0 Å². The summed E-state index contributed by atoms with van der Waals surface area (Å²) in [7, 11) is 0. The first-order chi connectivity index (χ1) is 5.46. The maximum Gasteiger partial charge on any atom is -0.0213 e. The quantitative estimate of drug-likeness (QED) is 0.549. The van der Waals surface area contributed by atoms with E-state index < -0.39 is 0 Å². The molecule has 0 atom stereocenters. The molecule has 0 fully saturated rings. The molecule has 1 rings (SSSR count). The van der Waals surface area contributed by atoms with Gasteiger partial charge in [0.2, 0.25) is 0 Å². The smallest absolute Gasteiger partial charge is 0.0213 e. The molecule has 0 radical (unpaired) electrons. The molecule has 0 aromatic heterocycles. The molecule has 0 aromatic rings. The molecule has 1 aliphatic rings. The minimum atomic E-state index is 0.624. The predicted molar refractivity (Wildman–Crippen MR) is 55.1 cm³/mol. The number of hydrogen-bond donors (Lipinski definition) is 0. The minimum absolute atomic E-state index is 0.624. The topological polar surface area (TPSA) is 0 Å². The van der Waals surface area contributed by atoms with Gasteiger partial charge in [-0.2, -0.15) is 0 Å². The summed E-state index contributed by atoms with van der Waals surface area (Å²) in [6.45, 7) is 15.1. The summed E-state index contributed by atoms with van der Waals surface area (Å²) in [5.41, 5.74) is 6.93. The van der Waals surface area contributed by atoms with Crippen LogP contribution >= 0.6 is 0 Å². The molecule has 0 aliphatic heterocycles. The lowest BCUT2D eigenvalue weighted by Crippen LogP contribution is -1.95. The molecule has 0 amide bonds. The van der Waals surface area contributed by atoms with Gasteiger partial charge in [0.15, 0.2) is 0 Å². The van der Waals surface area contributed by atoms with Crippen LogP contribution in [0.4, 0.5) is 0 Å². The van der Waals surface area contributed by atoms with Crippen LogP contribution in [-0.4, -0.2) is 0 Å². The zero-order valence-corrected chi connectivity index (χ0v) is 8.78. The average Bonchev–Trinajstić information content (AvgIpc) is 2.16. The van der Waals surface area contributed by atoms with E-state index in [1.165, 1.54) is 27.9 Å². The van der Waals surface area contributed by atoms with E-state index >= 15 is 0 Å². The van der Waals surface area contributed by atoms with Crippen LogP contribution < -0.4 is 0 Å². The van der Waals surface area contributed by atoms with Crippen LogP contribution in [0, 0.1) is 5.92 Å². The standard InChI is InChI=1S/C12H18/c1-7(2)12-10(5)8(3)9(4)11(12)6/h7H,3H2,1-2,4-6H3. The highest BCUT2D eigenvalue weighted by molar-refractivity contribution is 5.61. The Kier molecular flexibility index (Phi) is 2.27. The summed E-state index contributed by atoms with van der Waals surface area (Å²) in [6.07, 6.45) is 0. The molecule has 0 heteroatoms. The second kappa shape index (κ2) is 2.93. The van der Waals surface area contributed by atoms with E-state index in [9.17, 15) is 0 Å². The van der Waals surface area contributed by atoms with Gasteiger partial charge < -0.3 is 0 Å². The van der Waals surface area contributed by atoms with Crippen LogP contribution in [0.15, 0.2) is 34.4 Å². The van der Waals surface area contributed by atoms with Gasteiger partial charge in [-0.05, 0) is 54.6 Å². The van der Waals surface area contributed by atoms with Crippen molar-refractivity contribution >= 4 is 0 Å². The molecule has 12 heavy (non-hydrogen) atoms. The lowest BCUT2D eigenvalue weighted by atomic mass is 9.95. The Balaban J connectivity index is 3.22. The van der Waals surface area contributed by atoms with Crippen LogP contribution in [0.5, 0.6) is 0 Å². The minimum Gasteiger partial charge on any atom is -0.0912 e. The monoisotopic (exact) mass is 162 g/mol. The average molecular weight is 162 g/mol. The third-order valence-electron chi connectivity index (χ3n) is 2.85. The summed E-state index contributed by atoms with van der Waals surface area (Å²) in [5.74, 6) is 0.624. The van der Waals surface area contributed by atoms with Gasteiger partial charge in [0.25, 0.3) is 0 Å². The summed E-state index contributed by atoms with van der Waals surface area (Å²) >= 11 is 0. The SMILES string of the molecule is C=C1C(C)=C(C)C(C(C)C)=C1C. The van der Waals surface area contributed by atoms with Gasteiger partial charge in [0.05, 0.1) is 0 Å². The van der Waals surface area contributed by atoms with E-state index in [0.29, 0.717) is 5.92 Å². The molecule has 0 heterocycles. The summed E-state index contributed by atoms with van der Waals surface area (Å²) in [4.78, 5) is 0. The molecule has 66 valence electrons. The molecular weight excluding hydrogens is 144 g/mol. The fourth-order valence-corrected chi connectivity index (χ4v) is 2.02. The molecule has 0 N–H and O–H groups in total. The lowest BCUT2D eigenvalue weighted by molar-refractivity contribution is 0.773. The highest BCUT2D eigenvalue weighted by Crippen LogP contribution is 2.38. The number of hydrogen-bond acceptors (Lipinski definition) is 0. The Morgan fingerprint density at radius 2 is 1.42 bits per heavy atom. The fourth-order valence-electron chi connectivity index (χ4n) is 2.02. The first-order valence-electron chi connectivity index (χ1n) is 4.55. The van der Waals surface area contributed by atoms with Crippen molar-refractivity contribution in [2.45, 2.75) is 34.6 Å². The maximum absolute atomic E-state index is 4.08. The Labute approximate surface area is 75.7 Å². The van der Waals surface area contributed by atoms with Crippen LogP contribution in [0.3, 0.4) is 0 Å². The molecule has 1 aliphatic carbocycles. The van der Waals surface area contributed by atoms with E-state index in [0.717, 1.165) is 0 Å². The van der Waals surface area contributed by atoms with Crippen molar-refractivity contribution in [3.8, 4) is 0 Å². The van der Waals surface area contributed by atoms with Gasteiger partial charge in [0, 0.05) is 0 Å². The highest BCUT2D eigenvalue weighted by Gasteiger charge is 2.20. The molecule has 0 unspecified atom stereocenters. The summed E-state index contributed by atoms with van der Waals surface area (Å²) in [6, 6.07) is 0. The molecule has 0 nitrogen and oxygen atoms in total. The van der Waals surface area contributed by atoms with Crippen LogP contribution in [0.25, 0.3) is 0 Å². The van der Waals surface area contributed by atoms with Gasteiger partial charge in [-0.3, -0.25) is 0 Å². The Bertz CT molecular complexity index is 285. The van der Waals surface area contributed by atoms with Gasteiger partial charge in [-0.15, -0.1) is 0 Å². The Hall–Kier alpha value is -0.780. The summed E-state index contributed by atoms with van der Waals surface area (Å²) in [5, 5.41) is 0. The Morgan fingerprint density at radius 1 is 0.917 bits per heavy atom. The zero-order chi connectivity index (χ0) is 9.46. The van der Waals surface area contributed by atoms with Crippen LogP contribution in [-0.2, 0) is 0 Å². The number of allylic oxidation sites excluding steroid dienone is 5. The van der Waals surface area contributed by atoms with E-state index in [-0.39, 0.29) is 0 Å². The van der Waals surface area contributed by atoms with Crippen molar-refractivity contribution in [1.29, 1.82) is 0 Å². The maximum atomic E-state index is 4.08. The van der Waals surface area contributed by atoms with E-state index in [4.69, 9.17) is 0 Å². The second-order valence-electron chi connectivity index (χ2n) is 3.92. The molecule has 0 spiro atoms. The van der Waals surface area contributed by atoms with Gasteiger partial charge in [0.1, 0.15) is 0 Å². The van der Waals surface area contributed by atoms with Crippen molar-refractivity contribution in [1.82, 2.24) is 0 Å². The normalized spacial score (nSPS) is 18.7. The van der Waals surface area contributed by atoms with Crippen LogP contribution in [0.1, 0.15) is 34.6 Å².